The lowest BCUT2D eigenvalue weighted by atomic mass is 10.1. The van der Waals surface area contributed by atoms with Crippen molar-refractivity contribution >= 4 is 0 Å². The van der Waals surface area contributed by atoms with Crippen LogP contribution in [0.15, 0.2) is 18.2 Å². The van der Waals surface area contributed by atoms with Gasteiger partial charge in [-0.25, -0.2) is 8.78 Å². The Morgan fingerprint density at radius 2 is 2.28 bits per heavy atom. The molecule has 0 saturated carbocycles. The van der Waals surface area contributed by atoms with Gasteiger partial charge in [0.15, 0.2) is 0 Å². The van der Waals surface area contributed by atoms with Crippen molar-refractivity contribution in [3.63, 3.8) is 0 Å². The van der Waals surface area contributed by atoms with E-state index in [1.54, 1.807) is 0 Å². The number of benzene rings is 1. The Labute approximate surface area is 105 Å². The number of aliphatic hydroxyl groups is 1. The molecule has 0 radical (unpaired) electrons. The summed E-state index contributed by atoms with van der Waals surface area (Å²) >= 11 is 0. The highest BCUT2D eigenvalue weighted by molar-refractivity contribution is 5.22. The molecular formula is C13H17F2NO2. The van der Waals surface area contributed by atoms with Gasteiger partial charge < -0.3 is 15.2 Å². The molecule has 18 heavy (non-hydrogen) atoms. The van der Waals surface area contributed by atoms with E-state index in [2.05, 4.69) is 5.32 Å². The Hall–Kier alpha value is -1.04. The van der Waals surface area contributed by atoms with Crippen molar-refractivity contribution in [1.29, 1.82) is 0 Å². The summed E-state index contributed by atoms with van der Waals surface area (Å²) in [4.78, 5) is 0. The summed E-state index contributed by atoms with van der Waals surface area (Å²) in [6.45, 7) is 1.07. The van der Waals surface area contributed by atoms with Crippen LogP contribution < -0.4 is 5.32 Å². The maximum atomic E-state index is 13.6. The summed E-state index contributed by atoms with van der Waals surface area (Å²) in [6.07, 6.45) is 2.11. The van der Waals surface area contributed by atoms with Gasteiger partial charge in [0.25, 0.3) is 0 Å². The van der Waals surface area contributed by atoms with Gasteiger partial charge in [0.1, 0.15) is 11.6 Å². The normalized spacial score (nSPS) is 21.2. The molecule has 0 aromatic heterocycles. The van der Waals surface area contributed by atoms with E-state index in [4.69, 9.17) is 4.74 Å². The molecule has 0 bridgehead atoms. The van der Waals surface area contributed by atoms with E-state index in [0.29, 0.717) is 6.54 Å². The zero-order valence-corrected chi connectivity index (χ0v) is 10.0. The van der Waals surface area contributed by atoms with Crippen LogP contribution in [0, 0.1) is 11.6 Å². The number of hydrogen-bond acceptors (Lipinski definition) is 3. The van der Waals surface area contributed by atoms with Crippen LogP contribution in [0.1, 0.15) is 24.4 Å². The lowest BCUT2D eigenvalue weighted by Crippen LogP contribution is -2.32. The van der Waals surface area contributed by atoms with Crippen molar-refractivity contribution < 1.29 is 18.6 Å². The molecule has 0 aliphatic carbocycles. The molecule has 2 unspecified atom stereocenters. The molecule has 1 aromatic carbocycles. The van der Waals surface area contributed by atoms with Gasteiger partial charge in [0.05, 0.1) is 18.8 Å². The van der Waals surface area contributed by atoms with Crippen LogP contribution in [0.3, 0.4) is 0 Å². The van der Waals surface area contributed by atoms with Crippen LogP contribution >= 0.6 is 0 Å². The zero-order valence-electron chi connectivity index (χ0n) is 10.0. The molecule has 2 atom stereocenters. The van der Waals surface area contributed by atoms with E-state index in [1.165, 1.54) is 12.1 Å². The molecular weight excluding hydrogens is 240 g/mol. The average molecular weight is 257 g/mol. The second-order valence-corrected chi connectivity index (χ2v) is 4.44. The molecule has 1 heterocycles. The first-order chi connectivity index (χ1) is 8.70. The summed E-state index contributed by atoms with van der Waals surface area (Å²) in [5.41, 5.74) is 0.275. The molecule has 0 spiro atoms. The first kappa shape index (κ1) is 13.4. The lowest BCUT2D eigenvalue weighted by molar-refractivity contribution is 0.103. The van der Waals surface area contributed by atoms with E-state index in [-0.39, 0.29) is 18.3 Å². The number of ether oxygens (including phenoxy) is 1. The minimum absolute atomic E-state index is 0.113. The summed E-state index contributed by atoms with van der Waals surface area (Å²) in [7, 11) is 0. The largest absolute Gasteiger partial charge is 0.394 e. The second kappa shape index (κ2) is 6.22. The molecule has 2 N–H and O–H groups in total. The minimum Gasteiger partial charge on any atom is -0.394 e. The predicted octanol–water partition coefficient (Wildman–Crippen LogP) is 1.77. The van der Waals surface area contributed by atoms with Crippen molar-refractivity contribution in [2.24, 2.45) is 0 Å². The zero-order chi connectivity index (χ0) is 13.0. The van der Waals surface area contributed by atoms with Crippen molar-refractivity contribution in [3.8, 4) is 0 Å². The molecule has 0 amide bonds. The molecule has 3 nitrogen and oxygen atoms in total. The van der Waals surface area contributed by atoms with E-state index in [0.717, 1.165) is 25.5 Å². The monoisotopic (exact) mass is 257 g/mol. The summed E-state index contributed by atoms with van der Waals surface area (Å²) in [5.74, 6) is -1.26. The molecule has 1 fully saturated rings. The highest BCUT2D eigenvalue weighted by Gasteiger charge is 2.19. The molecule has 1 aliphatic rings. The first-order valence-electron chi connectivity index (χ1n) is 6.11. The molecule has 100 valence electrons. The third kappa shape index (κ3) is 3.25. The van der Waals surface area contributed by atoms with E-state index in [1.807, 2.05) is 0 Å². The van der Waals surface area contributed by atoms with Crippen LogP contribution in [-0.4, -0.2) is 31.0 Å². The van der Waals surface area contributed by atoms with E-state index >= 15 is 0 Å². The van der Waals surface area contributed by atoms with Crippen molar-refractivity contribution in [1.82, 2.24) is 5.32 Å². The fourth-order valence-electron chi connectivity index (χ4n) is 2.14. The SMILES string of the molecule is OCC(NCC1CCCO1)c1ccc(F)cc1F. The van der Waals surface area contributed by atoms with Gasteiger partial charge in [0.2, 0.25) is 0 Å². The van der Waals surface area contributed by atoms with E-state index in [9.17, 15) is 13.9 Å². The molecule has 1 saturated heterocycles. The van der Waals surface area contributed by atoms with Gasteiger partial charge in [-0.15, -0.1) is 0 Å². The summed E-state index contributed by atoms with van der Waals surface area (Å²) < 4.78 is 31.8. The Morgan fingerprint density at radius 1 is 1.44 bits per heavy atom. The van der Waals surface area contributed by atoms with Gasteiger partial charge in [-0.2, -0.15) is 0 Å². The number of rotatable bonds is 5. The fraction of sp³-hybridized carbons (Fsp3) is 0.538. The Balaban J connectivity index is 1.98. The van der Waals surface area contributed by atoms with Crippen LogP contribution in [0.2, 0.25) is 0 Å². The Morgan fingerprint density at radius 3 is 2.89 bits per heavy atom. The molecule has 5 heteroatoms. The molecule has 1 aliphatic heterocycles. The second-order valence-electron chi connectivity index (χ2n) is 4.44. The Bertz CT molecular complexity index is 395. The fourth-order valence-corrected chi connectivity index (χ4v) is 2.14. The van der Waals surface area contributed by atoms with Crippen LogP contribution in [0.25, 0.3) is 0 Å². The first-order valence-corrected chi connectivity index (χ1v) is 6.11. The lowest BCUT2D eigenvalue weighted by Gasteiger charge is -2.19. The minimum atomic E-state index is -0.645. The highest BCUT2D eigenvalue weighted by atomic mass is 19.1. The van der Waals surface area contributed by atoms with Crippen LogP contribution in [-0.2, 0) is 4.74 Å². The number of halogens is 2. The van der Waals surface area contributed by atoms with Crippen molar-refractivity contribution in [2.75, 3.05) is 19.8 Å². The van der Waals surface area contributed by atoms with Crippen molar-refractivity contribution in [2.45, 2.75) is 25.0 Å². The highest BCUT2D eigenvalue weighted by Crippen LogP contribution is 2.19. The molecule has 2 rings (SSSR count). The quantitative estimate of drug-likeness (QED) is 0.844. The van der Waals surface area contributed by atoms with Gasteiger partial charge in [0, 0.05) is 24.8 Å². The van der Waals surface area contributed by atoms with E-state index < -0.39 is 17.7 Å². The topological polar surface area (TPSA) is 41.5 Å². The van der Waals surface area contributed by atoms with Crippen LogP contribution in [0.4, 0.5) is 8.78 Å². The number of nitrogens with one attached hydrogen (secondary N) is 1. The maximum absolute atomic E-state index is 13.6. The number of aliphatic hydroxyl groups excluding tert-OH is 1. The van der Waals surface area contributed by atoms with Crippen molar-refractivity contribution in [3.05, 3.63) is 35.4 Å². The predicted molar refractivity (Wildman–Crippen MR) is 63.2 cm³/mol. The summed E-state index contributed by atoms with van der Waals surface area (Å²) in [5, 5.41) is 12.3. The third-order valence-electron chi connectivity index (χ3n) is 3.14. The maximum Gasteiger partial charge on any atom is 0.130 e. The van der Waals surface area contributed by atoms with Crippen LogP contribution in [0.5, 0.6) is 0 Å². The number of hydrogen-bond donors (Lipinski definition) is 2. The summed E-state index contributed by atoms with van der Waals surface area (Å²) in [6, 6.07) is 2.84. The Kier molecular flexibility index (Phi) is 4.63. The standard InChI is InChI=1S/C13H17F2NO2/c14-9-3-4-11(12(15)6-9)13(8-17)16-7-10-2-1-5-18-10/h3-4,6,10,13,16-17H,1-2,5,7-8H2. The smallest absolute Gasteiger partial charge is 0.130 e. The average Bonchev–Trinajstić information content (AvgIpc) is 2.85. The van der Waals surface area contributed by atoms with Gasteiger partial charge in [-0.1, -0.05) is 6.07 Å². The van der Waals surface area contributed by atoms with Gasteiger partial charge >= 0.3 is 0 Å². The third-order valence-corrected chi connectivity index (χ3v) is 3.14. The van der Waals surface area contributed by atoms with Gasteiger partial charge in [-0.3, -0.25) is 0 Å². The molecule has 1 aromatic rings. The van der Waals surface area contributed by atoms with Gasteiger partial charge in [-0.05, 0) is 18.9 Å².